The second-order valence-electron chi connectivity index (χ2n) is 10.5. The normalized spacial score (nSPS) is 14.4. The van der Waals surface area contributed by atoms with Crippen molar-refractivity contribution in [3.05, 3.63) is 92.4 Å². The maximum absolute atomic E-state index is 14.2. The molecule has 0 aromatic heterocycles. The summed E-state index contributed by atoms with van der Waals surface area (Å²) >= 11 is 15.8. The van der Waals surface area contributed by atoms with Gasteiger partial charge in [-0.25, -0.2) is 8.42 Å². The second kappa shape index (κ2) is 14.3. The van der Waals surface area contributed by atoms with Gasteiger partial charge in [0.2, 0.25) is 11.8 Å². The van der Waals surface area contributed by atoms with Crippen molar-refractivity contribution >= 4 is 66.7 Å². The molecule has 11 heteroatoms. The van der Waals surface area contributed by atoms with E-state index in [1.165, 1.54) is 17.0 Å². The molecular formula is C31H34BrCl2N3O4S. The summed E-state index contributed by atoms with van der Waals surface area (Å²) in [7, 11) is -4.15. The maximum Gasteiger partial charge on any atom is 0.264 e. The number of hydrogen-bond donors (Lipinski definition) is 1. The van der Waals surface area contributed by atoms with Crippen molar-refractivity contribution in [1.82, 2.24) is 10.2 Å². The number of sulfonamides is 1. The lowest BCUT2D eigenvalue weighted by Crippen LogP contribution is -2.53. The summed E-state index contributed by atoms with van der Waals surface area (Å²) in [6.07, 6.45) is 4.23. The Balaban J connectivity index is 1.73. The first kappa shape index (κ1) is 32.3. The van der Waals surface area contributed by atoms with Crippen molar-refractivity contribution in [3.8, 4) is 0 Å². The molecule has 7 nitrogen and oxygen atoms in total. The molecule has 0 saturated heterocycles. The van der Waals surface area contributed by atoms with Gasteiger partial charge in [-0.1, -0.05) is 88.7 Å². The first-order valence-corrected chi connectivity index (χ1v) is 16.9. The van der Waals surface area contributed by atoms with Crippen LogP contribution in [0.5, 0.6) is 0 Å². The van der Waals surface area contributed by atoms with E-state index in [2.05, 4.69) is 21.2 Å². The van der Waals surface area contributed by atoms with Gasteiger partial charge in [0.1, 0.15) is 12.6 Å². The van der Waals surface area contributed by atoms with E-state index in [0.29, 0.717) is 32.2 Å². The summed E-state index contributed by atoms with van der Waals surface area (Å²) in [5.74, 6) is -0.779. The summed E-state index contributed by atoms with van der Waals surface area (Å²) in [5, 5.41) is 3.80. The van der Waals surface area contributed by atoms with Crippen molar-refractivity contribution in [2.45, 2.75) is 69.5 Å². The molecule has 0 heterocycles. The van der Waals surface area contributed by atoms with Gasteiger partial charge in [0.15, 0.2) is 0 Å². The average molecular weight is 696 g/mol. The molecule has 1 aliphatic carbocycles. The van der Waals surface area contributed by atoms with Crippen LogP contribution in [0.4, 0.5) is 5.69 Å². The Morgan fingerprint density at radius 1 is 1.00 bits per heavy atom. The molecule has 4 rings (SSSR count). The Bertz CT molecular complexity index is 1530. The highest BCUT2D eigenvalue weighted by molar-refractivity contribution is 9.10. The average Bonchev–Trinajstić information content (AvgIpc) is 3.46. The van der Waals surface area contributed by atoms with E-state index < -0.39 is 28.5 Å². The monoisotopic (exact) mass is 693 g/mol. The zero-order chi connectivity index (χ0) is 30.4. The topological polar surface area (TPSA) is 86.8 Å². The third-order valence-electron chi connectivity index (χ3n) is 7.41. The van der Waals surface area contributed by atoms with Crippen molar-refractivity contribution in [3.63, 3.8) is 0 Å². The Kier molecular flexibility index (Phi) is 11.0. The lowest BCUT2D eigenvalue weighted by molar-refractivity contribution is -0.140. The molecule has 0 radical (unpaired) electrons. The first-order valence-electron chi connectivity index (χ1n) is 13.9. The number of nitrogens with one attached hydrogen (secondary N) is 1. The molecule has 0 spiro atoms. The highest BCUT2D eigenvalue weighted by Gasteiger charge is 2.34. The van der Waals surface area contributed by atoms with Crippen molar-refractivity contribution in [2.75, 3.05) is 10.8 Å². The summed E-state index contributed by atoms with van der Waals surface area (Å²) in [6.45, 7) is 3.24. The van der Waals surface area contributed by atoms with E-state index in [-0.39, 0.29) is 23.4 Å². The Morgan fingerprint density at radius 2 is 1.69 bits per heavy atom. The van der Waals surface area contributed by atoms with E-state index in [1.807, 2.05) is 13.8 Å². The molecule has 0 bridgehead atoms. The number of carbonyl (C=O) groups excluding carboxylic acids is 2. The highest BCUT2D eigenvalue weighted by Crippen LogP contribution is 2.28. The fourth-order valence-corrected chi connectivity index (χ4v) is 7.23. The Hall–Kier alpha value is -2.59. The second-order valence-corrected chi connectivity index (χ2v) is 14.1. The summed E-state index contributed by atoms with van der Waals surface area (Å²) in [6, 6.07) is 17.5. The van der Waals surface area contributed by atoms with E-state index in [1.54, 1.807) is 54.6 Å². The van der Waals surface area contributed by atoms with Crippen LogP contribution in [-0.2, 0) is 26.2 Å². The number of carbonyl (C=O) groups is 2. The van der Waals surface area contributed by atoms with Gasteiger partial charge in [-0.05, 0) is 74.2 Å². The van der Waals surface area contributed by atoms with Crippen LogP contribution in [0.2, 0.25) is 10.0 Å². The number of anilines is 1. The number of rotatable bonds is 11. The number of nitrogens with zero attached hydrogens (tertiary/aromatic N) is 2. The van der Waals surface area contributed by atoms with Gasteiger partial charge in [0, 0.05) is 17.1 Å². The van der Waals surface area contributed by atoms with Gasteiger partial charge in [-0.2, -0.15) is 0 Å². The van der Waals surface area contributed by atoms with Crippen LogP contribution in [0.1, 0.15) is 50.2 Å². The molecule has 1 atom stereocenters. The minimum Gasteiger partial charge on any atom is -0.352 e. The Labute approximate surface area is 266 Å². The fourth-order valence-electron chi connectivity index (χ4n) is 5.12. The third-order valence-corrected chi connectivity index (χ3v) is 10.4. The lowest BCUT2D eigenvalue weighted by atomic mass is 10.1. The predicted molar refractivity (Wildman–Crippen MR) is 171 cm³/mol. The molecular weight excluding hydrogens is 661 g/mol. The van der Waals surface area contributed by atoms with E-state index >= 15 is 0 Å². The molecule has 0 aliphatic heterocycles. The van der Waals surface area contributed by atoms with Crippen molar-refractivity contribution in [2.24, 2.45) is 0 Å². The summed E-state index contributed by atoms with van der Waals surface area (Å²) in [4.78, 5) is 29.3. The molecule has 3 aromatic carbocycles. The van der Waals surface area contributed by atoms with Crippen LogP contribution in [-0.4, -0.2) is 43.8 Å². The molecule has 1 fully saturated rings. The van der Waals surface area contributed by atoms with Crippen LogP contribution in [0.3, 0.4) is 0 Å². The van der Waals surface area contributed by atoms with Gasteiger partial charge in [-0.15, -0.1) is 0 Å². The number of benzene rings is 3. The summed E-state index contributed by atoms with van der Waals surface area (Å²) < 4.78 is 29.7. The van der Waals surface area contributed by atoms with E-state index in [0.717, 1.165) is 35.6 Å². The van der Waals surface area contributed by atoms with Crippen LogP contribution < -0.4 is 9.62 Å². The fraction of sp³-hybridized carbons (Fsp3) is 0.355. The molecule has 1 N–H and O–H groups in total. The highest BCUT2D eigenvalue weighted by atomic mass is 79.9. The number of aryl methyl sites for hydroxylation is 1. The van der Waals surface area contributed by atoms with Crippen molar-refractivity contribution in [1.29, 1.82) is 0 Å². The van der Waals surface area contributed by atoms with Crippen LogP contribution in [0.25, 0.3) is 0 Å². The zero-order valence-electron chi connectivity index (χ0n) is 23.5. The van der Waals surface area contributed by atoms with Gasteiger partial charge >= 0.3 is 0 Å². The van der Waals surface area contributed by atoms with Gasteiger partial charge in [-0.3, -0.25) is 13.9 Å². The van der Waals surface area contributed by atoms with E-state index in [9.17, 15) is 18.0 Å². The number of amides is 2. The predicted octanol–water partition coefficient (Wildman–Crippen LogP) is 7.13. The Morgan fingerprint density at radius 3 is 2.31 bits per heavy atom. The smallest absolute Gasteiger partial charge is 0.264 e. The summed E-state index contributed by atoms with van der Waals surface area (Å²) in [5.41, 5.74) is 1.89. The van der Waals surface area contributed by atoms with Gasteiger partial charge in [0.05, 0.1) is 20.6 Å². The number of halogens is 3. The third kappa shape index (κ3) is 7.86. The first-order chi connectivity index (χ1) is 20.0. The molecule has 224 valence electrons. The van der Waals surface area contributed by atoms with Crippen molar-refractivity contribution < 1.29 is 18.0 Å². The standard InChI is InChI=1S/C31H34BrCl2N3O4S/c1-3-29(31(39)35-24-8-4-5-9-24)36(19-22-13-16-27(33)28(34)17-22)30(38)20-37(25-10-6-7-23(32)18-25)42(40,41)26-14-11-21(2)12-15-26/h6-7,10-18,24,29H,3-5,8-9,19-20H2,1-2H3,(H,35,39)/t29-/m0/s1. The van der Waals surface area contributed by atoms with Crippen LogP contribution in [0.15, 0.2) is 76.1 Å². The molecule has 1 aliphatic rings. The molecule has 3 aromatic rings. The minimum absolute atomic E-state index is 0.0449. The number of hydrogen-bond acceptors (Lipinski definition) is 4. The molecule has 2 amide bonds. The lowest BCUT2D eigenvalue weighted by Gasteiger charge is -2.34. The van der Waals surface area contributed by atoms with Crippen LogP contribution >= 0.6 is 39.1 Å². The van der Waals surface area contributed by atoms with Crippen LogP contribution in [0, 0.1) is 6.92 Å². The largest absolute Gasteiger partial charge is 0.352 e. The van der Waals surface area contributed by atoms with Gasteiger partial charge < -0.3 is 10.2 Å². The maximum atomic E-state index is 14.2. The zero-order valence-corrected chi connectivity index (χ0v) is 27.4. The quantitative estimate of drug-likeness (QED) is 0.232. The minimum atomic E-state index is -4.15. The molecule has 42 heavy (non-hydrogen) atoms. The molecule has 0 unspecified atom stereocenters. The van der Waals surface area contributed by atoms with E-state index in [4.69, 9.17) is 23.2 Å². The SMILES string of the molecule is CC[C@@H](C(=O)NC1CCCC1)N(Cc1ccc(Cl)c(Cl)c1)C(=O)CN(c1cccc(Br)c1)S(=O)(=O)c1ccc(C)cc1. The molecule has 1 saturated carbocycles. The van der Waals surface area contributed by atoms with Gasteiger partial charge in [0.25, 0.3) is 10.0 Å².